The quantitative estimate of drug-likeness (QED) is 0.799. The van der Waals surface area contributed by atoms with Gasteiger partial charge in [0.05, 0.1) is 0 Å². The van der Waals surface area contributed by atoms with Crippen LogP contribution in [0.4, 0.5) is 0 Å². The van der Waals surface area contributed by atoms with E-state index < -0.39 is 0 Å². The summed E-state index contributed by atoms with van der Waals surface area (Å²) in [5.41, 5.74) is 1.52. The van der Waals surface area contributed by atoms with Gasteiger partial charge in [0.15, 0.2) is 0 Å². The molecule has 3 atom stereocenters. The Balaban J connectivity index is 1.94. The van der Waals surface area contributed by atoms with Crippen molar-refractivity contribution in [2.24, 2.45) is 11.8 Å². The van der Waals surface area contributed by atoms with Crippen LogP contribution in [0.3, 0.4) is 0 Å². The normalized spacial score (nSPS) is 26.1. The molecule has 18 heavy (non-hydrogen) atoms. The van der Waals surface area contributed by atoms with Gasteiger partial charge < -0.3 is 5.32 Å². The molecule has 2 heteroatoms. The zero-order valence-electron chi connectivity index (χ0n) is 11.8. The topological polar surface area (TPSA) is 12.0 Å². The molecule has 0 bridgehead atoms. The van der Waals surface area contributed by atoms with Crippen molar-refractivity contribution in [2.75, 3.05) is 6.54 Å². The van der Waals surface area contributed by atoms with Crippen LogP contribution in [0.1, 0.15) is 51.5 Å². The second kappa shape index (κ2) is 7.30. The molecule has 0 saturated heterocycles. The van der Waals surface area contributed by atoms with Crippen molar-refractivity contribution >= 4 is 11.3 Å². The van der Waals surface area contributed by atoms with E-state index in [-0.39, 0.29) is 0 Å². The molecule has 0 aliphatic heterocycles. The lowest BCUT2D eigenvalue weighted by molar-refractivity contribution is 0.221. The van der Waals surface area contributed by atoms with Gasteiger partial charge in [-0.05, 0) is 66.5 Å². The van der Waals surface area contributed by atoms with Gasteiger partial charge in [-0.25, -0.2) is 0 Å². The number of nitrogens with one attached hydrogen (secondary N) is 1. The minimum Gasteiger partial charge on any atom is -0.313 e. The number of thiophene rings is 1. The van der Waals surface area contributed by atoms with E-state index in [1.165, 1.54) is 50.6 Å². The van der Waals surface area contributed by atoms with Crippen molar-refractivity contribution in [3.05, 3.63) is 22.4 Å². The second-order valence-electron chi connectivity index (χ2n) is 5.93. The summed E-state index contributed by atoms with van der Waals surface area (Å²) < 4.78 is 0. The Kier molecular flexibility index (Phi) is 5.71. The highest BCUT2D eigenvalue weighted by atomic mass is 32.1. The first-order valence-electron chi connectivity index (χ1n) is 7.54. The first-order valence-corrected chi connectivity index (χ1v) is 8.48. The Morgan fingerprint density at radius 1 is 1.44 bits per heavy atom. The van der Waals surface area contributed by atoms with Crippen LogP contribution in [0.25, 0.3) is 0 Å². The highest BCUT2D eigenvalue weighted by Crippen LogP contribution is 2.32. The van der Waals surface area contributed by atoms with Crippen molar-refractivity contribution in [2.45, 2.75) is 58.4 Å². The van der Waals surface area contributed by atoms with Crippen molar-refractivity contribution < 1.29 is 0 Å². The third-order valence-electron chi connectivity index (χ3n) is 4.24. The predicted molar refractivity (Wildman–Crippen MR) is 81.2 cm³/mol. The van der Waals surface area contributed by atoms with E-state index in [0.29, 0.717) is 6.04 Å². The van der Waals surface area contributed by atoms with E-state index in [1.807, 2.05) is 11.3 Å². The fourth-order valence-corrected chi connectivity index (χ4v) is 3.93. The summed E-state index contributed by atoms with van der Waals surface area (Å²) in [5, 5.41) is 8.32. The third-order valence-corrected chi connectivity index (χ3v) is 4.97. The lowest BCUT2D eigenvalue weighted by Gasteiger charge is -2.34. The van der Waals surface area contributed by atoms with E-state index >= 15 is 0 Å². The molecule has 0 spiro atoms. The molecular weight excluding hydrogens is 238 g/mol. The number of rotatable bonds is 6. The van der Waals surface area contributed by atoms with E-state index in [4.69, 9.17) is 0 Å². The van der Waals surface area contributed by atoms with Crippen LogP contribution in [0.15, 0.2) is 16.8 Å². The molecule has 0 amide bonds. The Morgan fingerprint density at radius 2 is 2.33 bits per heavy atom. The van der Waals surface area contributed by atoms with Crippen LogP contribution in [0.5, 0.6) is 0 Å². The summed E-state index contributed by atoms with van der Waals surface area (Å²) in [7, 11) is 0. The van der Waals surface area contributed by atoms with Gasteiger partial charge in [0.2, 0.25) is 0 Å². The van der Waals surface area contributed by atoms with Crippen molar-refractivity contribution in [3.63, 3.8) is 0 Å². The van der Waals surface area contributed by atoms with Crippen LogP contribution in [-0.2, 0) is 6.42 Å². The van der Waals surface area contributed by atoms with Gasteiger partial charge in [-0.1, -0.05) is 26.7 Å². The lowest BCUT2D eigenvalue weighted by Crippen LogP contribution is -2.40. The summed E-state index contributed by atoms with van der Waals surface area (Å²) in [6.45, 7) is 5.85. The fraction of sp³-hybridized carbons (Fsp3) is 0.750. The summed E-state index contributed by atoms with van der Waals surface area (Å²) in [4.78, 5) is 0. The first kappa shape index (κ1) is 14.1. The van der Waals surface area contributed by atoms with E-state index in [9.17, 15) is 0 Å². The Bertz CT molecular complexity index is 320. The van der Waals surface area contributed by atoms with Gasteiger partial charge in [0.25, 0.3) is 0 Å². The van der Waals surface area contributed by atoms with Gasteiger partial charge in [-0.2, -0.15) is 11.3 Å². The maximum Gasteiger partial charge on any atom is 0.0136 e. The molecule has 3 unspecified atom stereocenters. The molecule has 1 N–H and O–H groups in total. The average molecular weight is 265 g/mol. The molecule has 2 rings (SSSR count). The van der Waals surface area contributed by atoms with Gasteiger partial charge >= 0.3 is 0 Å². The summed E-state index contributed by atoms with van der Waals surface area (Å²) >= 11 is 1.82. The molecule has 1 aliphatic rings. The molecule has 1 fully saturated rings. The molecule has 0 radical (unpaired) electrons. The van der Waals surface area contributed by atoms with Gasteiger partial charge in [0.1, 0.15) is 0 Å². The molecule has 1 aliphatic carbocycles. The van der Waals surface area contributed by atoms with Crippen LogP contribution < -0.4 is 5.32 Å². The third kappa shape index (κ3) is 4.10. The molecular formula is C16H27NS. The summed E-state index contributed by atoms with van der Waals surface area (Å²) in [6.07, 6.45) is 8.18. The molecule has 102 valence electrons. The maximum absolute atomic E-state index is 3.80. The summed E-state index contributed by atoms with van der Waals surface area (Å²) in [5.74, 6) is 1.82. The Morgan fingerprint density at radius 3 is 3.00 bits per heavy atom. The van der Waals surface area contributed by atoms with Gasteiger partial charge in [0, 0.05) is 6.04 Å². The first-order chi connectivity index (χ1) is 8.79. The van der Waals surface area contributed by atoms with Crippen LogP contribution in [0.2, 0.25) is 0 Å². The van der Waals surface area contributed by atoms with E-state index in [1.54, 1.807) is 0 Å². The largest absolute Gasteiger partial charge is 0.313 e. The molecule has 1 nitrogen and oxygen atoms in total. The van der Waals surface area contributed by atoms with Crippen LogP contribution >= 0.6 is 11.3 Å². The van der Waals surface area contributed by atoms with Crippen LogP contribution in [0, 0.1) is 11.8 Å². The smallest absolute Gasteiger partial charge is 0.0136 e. The lowest BCUT2D eigenvalue weighted by atomic mass is 9.77. The monoisotopic (exact) mass is 265 g/mol. The molecule has 1 aromatic heterocycles. The molecule has 1 saturated carbocycles. The van der Waals surface area contributed by atoms with Gasteiger partial charge in [-0.15, -0.1) is 0 Å². The fourth-order valence-electron chi connectivity index (χ4n) is 3.24. The highest BCUT2D eigenvalue weighted by Gasteiger charge is 2.26. The van der Waals surface area contributed by atoms with Crippen LogP contribution in [-0.4, -0.2) is 12.6 Å². The molecule has 1 aromatic rings. The minimum absolute atomic E-state index is 0.697. The standard InChI is InChI=1S/C16H27NS/c1-3-8-17-16(11-14-7-9-18-12-14)15-6-4-5-13(2)10-15/h7,9,12-13,15-17H,3-6,8,10-11H2,1-2H3. The number of hydrogen-bond donors (Lipinski definition) is 1. The number of hydrogen-bond acceptors (Lipinski definition) is 2. The predicted octanol–water partition coefficient (Wildman–Crippen LogP) is 4.49. The molecule has 1 heterocycles. The molecule has 0 aromatic carbocycles. The van der Waals surface area contributed by atoms with Crippen molar-refractivity contribution in [1.82, 2.24) is 5.32 Å². The summed E-state index contributed by atoms with van der Waals surface area (Å²) in [6, 6.07) is 2.99. The van der Waals surface area contributed by atoms with Gasteiger partial charge in [-0.3, -0.25) is 0 Å². The van der Waals surface area contributed by atoms with Crippen molar-refractivity contribution in [1.29, 1.82) is 0 Å². The zero-order valence-corrected chi connectivity index (χ0v) is 12.6. The highest BCUT2D eigenvalue weighted by molar-refractivity contribution is 7.07. The van der Waals surface area contributed by atoms with Crippen molar-refractivity contribution in [3.8, 4) is 0 Å². The van der Waals surface area contributed by atoms with E-state index in [2.05, 4.69) is 36.0 Å². The maximum atomic E-state index is 3.80. The Labute approximate surface area is 116 Å². The zero-order chi connectivity index (χ0) is 12.8. The minimum atomic E-state index is 0.697. The Hall–Kier alpha value is -0.340. The SMILES string of the molecule is CCCNC(Cc1ccsc1)C1CCCC(C)C1. The average Bonchev–Trinajstić information content (AvgIpc) is 2.87. The van der Waals surface area contributed by atoms with E-state index in [0.717, 1.165) is 11.8 Å². The second-order valence-corrected chi connectivity index (χ2v) is 6.71.